The third-order valence-electron chi connectivity index (χ3n) is 3.66. The first-order chi connectivity index (χ1) is 8.99. The van der Waals surface area contributed by atoms with Gasteiger partial charge in [-0.2, -0.15) is 0 Å². The van der Waals surface area contributed by atoms with Crippen molar-refractivity contribution in [3.8, 4) is 0 Å². The molecule has 0 aliphatic carbocycles. The van der Waals surface area contributed by atoms with Crippen LogP contribution in [0.15, 0.2) is 18.2 Å². The number of carbonyl (C=O) groups excluding carboxylic acids is 1. The standard InChI is InChI=1S/C14H18ClIN2O/c1-9(17)11-3-2-6-18(8-11)14(19)10-4-5-13(16)12(15)7-10/h4-5,7,9,11H,2-3,6,8,17H2,1H3. The lowest BCUT2D eigenvalue weighted by Gasteiger charge is -2.34. The predicted octanol–water partition coefficient (Wildman–Crippen LogP) is 3.14. The molecule has 3 nitrogen and oxygen atoms in total. The maximum atomic E-state index is 12.5. The number of amides is 1. The van der Waals surface area contributed by atoms with Gasteiger partial charge in [-0.1, -0.05) is 11.6 Å². The number of benzene rings is 1. The van der Waals surface area contributed by atoms with Crippen molar-refractivity contribution in [1.82, 2.24) is 4.90 Å². The van der Waals surface area contributed by atoms with Gasteiger partial charge in [-0.25, -0.2) is 0 Å². The fraction of sp³-hybridized carbons (Fsp3) is 0.500. The Morgan fingerprint density at radius 3 is 2.95 bits per heavy atom. The van der Waals surface area contributed by atoms with Crippen LogP contribution in [0.5, 0.6) is 0 Å². The van der Waals surface area contributed by atoms with E-state index in [-0.39, 0.29) is 11.9 Å². The van der Waals surface area contributed by atoms with E-state index in [1.165, 1.54) is 0 Å². The summed E-state index contributed by atoms with van der Waals surface area (Å²) in [5, 5.41) is 0.632. The van der Waals surface area contributed by atoms with Crippen LogP contribution in [0.1, 0.15) is 30.1 Å². The van der Waals surface area contributed by atoms with Crippen molar-refractivity contribution >= 4 is 40.1 Å². The summed E-state index contributed by atoms with van der Waals surface area (Å²) >= 11 is 8.24. The summed E-state index contributed by atoms with van der Waals surface area (Å²) in [4.78, 5) is 14.4. The van der Waals surface area contributed by atoms with E-state index >= 15 is 0 Å². The molecule has 2 N–H and O–H groups in total. The SMILES string of the molecule is CC(N)C1CCCN(C(=O)c2ccc(I)c(Cl)c2)C1. The lowest BCUT2D eigenvalue weighted by Crippen LogP contribution is -2.45. The van der Waals surface area contributed by atoms with Gasteiger partial charge in [0.1, 0.15) is 0 Å². The third kappa shape index (κ3) is 3.61. The minimum Gasteiger partial charge on any atom is -0.338 e. The van der Waals surface area contributed by atoms with Crippen molar-refractivity contribution in [3.63, 3.8) is 0 Å². The molecule has 0 radical (unpaired) electrons. The van der Waals surface area contributed by atoms with Crippen molar-refractivity contribution in [1.29, 1.82) is 0 Å². The van der Waals surface area contributed by atoms with Crippen molar-refractivity contribution in [2.45, 2.75) is 25.8 Å². The van der Waals surface area contributed by atoms with Gasteiger partial charge in [0.25, 0.3) is 5.91 Å². The first-order valence-electron chi connectivity index (χ1n) is 6.49. The van der Waals surface area contributed by atoms with Crippen LogP contribution in [-0.4, -0.2) is 29.9 Å². The number of piperidine rings is 1. The molecule has 1 heterocycles. The summed E-state index contributed by atoms with van der Waals surface area (Å²) in [7, 11) is 0. The Hall–Kier alpha value is -0.330. The molecule has 104 valence electrons. The summed E-state index contributed by atoms with van der Waals surface area (Å²) in [5.74, 6) is 0.459. The zero-order valence-corrected chi connectivity index (χ0v) is 13.8. The molecule has 1 aliphatic rings. The Morgan fingerprint density at radius 1 is 1.58 bits per heavy atom. The Balaban J connectivity index is 2.12. The average Bonchev–Trinajstić information content (AvgIpc) is 2.41. The highest BCUT2D eigenvalue weighted by atomic mass is 127. The highest BCUT2D eigenvalue weighted by molar-refractivity contribution is 14.1. The number of rotatable bonds is 2. The lowest BCUT2D eigenvalue weighted by atomic mass is 9.92. The topological polar surface area (TPSA) is 46.3 Å². The zero-order chi connectivity index (χ0) is 14.0. The molecule has 1 aliphatic heterocycles. The van der Waals surface area contributed by atoms with Crippen molar-refractivity contribution < 1.29 is 4.79 Å². The molecule has 1 aromatic carbocycles. The first kappa shape index (κ1) is 15.1. The van der Waals surface area contributed by atoms with Crippen molar-refractivity contribution in [2.24, 2.45) is 11.7 Å². The maximum absolute atomic E-state index is 12.5. The number of nitrogens with zero attached hydrogens (tertiary/aromatic N) is 1. The van der Waals surface area contributed by atoms with E-state index in [0.717, 1.165) is 29.5 Å². The highest BCUT2D eigenvalue weighted by Crippen LogP contribution is 2.23. The Morgan fingerprint density at radius 2 is 2.32 bits per heavy atom. The number of hydrogen-bond acceptors (Lipinski definition) is 2. The molecule has 0 aromatic heterocycles. The third-order valence-corrected chi connectivity index (χ3v) is 5.23. The fourth-order valence-electron chi connectivity index (χ4n) is 2.44. The molecule has 5 heteroatoms. The molecule has 0 bridgehead atoms. The van der Waals surface area contributed by atoms with Gasteiger partial charge < -0.3 is 10.6 Å². The van der Waals surface area contributed by atoms with Crippen LogP contribution >= 0.6 is 34.2 Å². The lowest BCUT2D eigenvalue weighted by molar-refractivity contribution is 0.0661. The highest BCUT2D eigenvalue weighted by Gasteiger charge is 2.26. The van der Waals surface area contributed by atoms with Crippen LogP contribution in [0.2, 0.25) is 5.02 Å². The van der Waals surface area contributed by atoms with Crippen LogP contribution in [0.4, 0.5) is 0 Å². The van der Waals surface area contributed by atoms with E-state index in [2.05, 4.69) is 22.6 Å². The molecule has 2 atom stereocenters. The van der Waals surface area contributed by atoms with Crippen molar-refractivity contribution in [2.75, 3.05) is 13.1 Å². The van der Waals surface area contributed by atoms with Gasteiger partial charge in [-0.05, 0) is 66.5 Å². The summed E-state index contributed by atoms with van der Waals surface area (Å²) in [6, 6.07) is 5.60. The summed E-state index contributed by atoms with van der Waals surface area (Å²) in [5.41, 5.74) is 6.61. The van der Waals surface area contributed by atoms with Gasteiger partial charge >= 0.3 is 0 Å². The Kier molecular flexibility index (Phi) is 5.09. The quantitative estimate of drug-likeness (QED) is 0.786. The average molecular weight is 393 g/mol. The number of hydrogen-bond donors (Lipinski definition) is 1. The van der Waals surface area contributed by atoms with E-state index in [0.29, 0.717) is 16.5 Å². The number of nitrogens with two attached hydrogens (primary N) is 1. The van der Waals surface area contributed by atoms with E-state index in [9.17, 15) is 4.79 Å². The van der Waals surface area contributed by atoms with Gasteiger partial charge in [0.05, 0.1) is 5.02 Å². The monoisotopic (exact) mass is 392 g/mol. The second-order valence-electron chi connectivity index (χ2n) is 5.14. The molecule has 19 heavy (non-hydrogen) atoms. The van der Waals surface area contributed by atoms with Crippen LogP contribution in [0, 0.1) is 9.49 Å². The van der Waals surface area contributed by atoms with E-state index < -0.39 is 0 Å². The minimum absolute atomic E-state index is 0.0589. The van der Waals surface area contributed by atoms with E-state index in [1.807, 2.05) is 24.0 Å². The second-order valence-corrected chi connectivity index (χ2v) is 6.71. The molecule has 0 spiro atoms. The number of halogens is 2. The molecule has 0 saturated carbocycles. The van der Waals surface area contributed by atoms with Crippen molar-refractivity contribution in [3.05, 3.63) is 32.4 Å². The second kappa shape index (κ2) is 6.41. The van der Waals surface area contributed by atoms with Gasteiger partial charge in [0.15, 0.2) is 0 Å². The van der Waals surface area contributed by atoms with Crippen LogP contribution < -0.4 is 5.73 Å². The van der Waals surface area contributed by atoms with Crippen LogP contribution in [-0.2, 0) is 0 Å². The Bertz CT molecular complexity index is 479. The van der Waals surface area contributed by atoms with Gasteiger partial charge in [-0.15, -0.1) is 0 Å². The molecule has 1 aromatic rings. The van der Waals surface area contributed by atoms with Gasteiger partial charge in [0, 0.05) is 28.3 Å². The fourth-order valence-corrected chi connectivity index (χ4v) is 2.95. The summed E-state index contributed by atoms with van der Waals surface area (Å²) in [6.07, 6.45) is 2.13. The van der Waals surface area contributed by atoms with Crippen LogP contribution in [0.3, 0.4) is 0 Å². The molecule has 2 unspecified atom stereocenters. The van der Waals surface area contributed by atoms with Gasteiger partial charge in [-0.3, -0.25) is 4.79 Å². The molecular weight excluding hydrogens is 375 g/mol. The molecular formula is C14H18ClIN2O. The van der Waals surface area contributed by atoms with Crippen LogP contribution in [0.25, 0.3) is 0 Å². The zero-order valence-electron chi connectivity index (χ0n) is 10.9. The molecule has 2 rings (SSSR count). The largest absolute Gasteiger partial charge is 0.338 e. The molecule has 1 fully saturated rings. The minimum atomic E-state index is 0.0589. The number of likely N-dealkylation sites (tertiary alicyclic amines) is 1. The Labute approximate surface area is 132 Å². The summed E-state index contributed by atoms with van der Waals surface area (Å²) in [6.45, 7) is 3.58. The molecule has 1 amide bonds. The summed E-state index contributed by atoms with van der Waals surface area (Å²) < 4.78 is 0.961. The first-order valence-corrected chi connectivity index (χ1v) is 7.94. The number of carbonyl (C=O) groups is 1. The smallest absolute Gasteiger partial charge is 0.253 e. The van der Waals surface area contributed by atoms with E-state index in [4.69, 9.17) is 17.3 Å². The predicted molar refractivity (Wildman–Crippen MR) is 86.4 cm³/mol. The van der Waals surface area contributed by atoms with Gasteiger partial charge in [0.2, 0.25) is 0 Å². The maximum Gasteiger partial charge on any atom is 0.253 e. The van der Waals surface area contributed by atoms with E-state index in [1.54, 1.807) is 6.07 Å². The molecule has 1 saturated heterocycles. The normalized spacial score (nSPS) is 21.3.